The van der Waals surface area contributed by atoms with Gasteiger partial charge in [0.25, 0.3) is 5.91 Å². The van der Waals surface area contributed by atoms with E-state index in [0.29, 0.717) is 44.6 Å². The Morgan fingerprint density at radius 3 is 2.24 bits per heavy atom. The third-order valence-electron chi connectivity index (χ3n) is 5.91. The van der Waals surface area contributed by atoms with Gasteiger partial charge in [0.1, 0.15) is 0 Å². The molecule has 1 aromatic rings. The molecular weight excluding hydrogens is 390 g/mol. The number of nitrogens with zero attached hydrogens (tertiary/aromatic N) is 2. The summed E-state index contributed by atoms with van der Waals surface area (Å²) in [6, 6.07) is 6.31. The van der Waals surface area contributed by atoms with Crippen molar-refractivity contribution >= 4 is 21.8 Å². The van der Waals surface area contributed by atoms with E-state index in [1.165, 1.54) is 0 Å². The van der Waals surface area contributed by atoms with Crippen LogP contribution in [0.4, 0.5) is 0 Å². The number of carbonyl (C=O) groups is 2. The third kappa shape index (κ3) is 5.57. The van der Waals surface area contributed by atoms with Crippen molar-refractivity contribution in [2.45, 2.75) is 56.3 Å². The van der Waals surface area contributed by atoms with Crippen LogP contribution < -0.4 is 5.73 Å². The lowest BCUT2D eigenvalue weighted by Crippen LogP contribution is -2.40. The Morgan fingerprint density at radius 2 is 1.62 bits per heavy atom. The zero-order valence-electron chi connectivity index (χ0n) is 16.9. The van der Waals surface area contributed by atoms with E-state index in [4.69, 9.17) is 5.73 Å². The summed E-state index contributed by atoms with van der Waals surface area (Å²) in [7, 11) is -3.51. The fourth-order valence-electron chi connectivity index (χ4n) is 4.21. The smallest absolute Gasteiger partial charge is 0.253 e. The summed E-state index contributed by atoms with van der Waals surface area (Å²) in [6.45, 7) is 2.41. The number of nitrogens with two attached hydrogens (primary N) is 1. The van der Waals surface area contributed by atoms with E-state index >= 15 is 0 Å². The minimum atomic E-state index is -3.51. The Kier molecular flexibility index (Phi) is 7.29. The van der Waals surface area contributed by atoms with Gasteiger partial charge in [0.15, 0.2) is 0 Å². The lowest BCUT2D eigenvalue weighted by molar-refractivity contribution is -0.118. The van der Waals surface area contributed by atoms with Crippen LogP contribution >= 0.6 is 0 Å². The maximum atomic E-state index is 12.9. The lowest BCUT2D eigenvalue weighted by atomic mass is 9.93. The van der Waals surface area contributed by atoms with Gasteiger partial charge in [0.2, 0.25) is 15.9 Å². The van der Waals surface area contributed by atoms with Crippen LogP contribution in [0.3, 0.4) is 0 Å². The van der Waals surface area contributed by atoms with Crippen LogP contribution in [0.5, 0.6) is 0 Å². The van der Waals surface area contributed by atoms with E-state index in [1.54, 1.807) is 33.5 Å². The molecule has 2 saturated heterocycles. The minimum Gasteiger partial charge on any atom is -0.370 e. The number of hydrogen-bond acceptors (Lipinski definition) is 4. The first-order valence-corrected chi connectivity index (χ1v) is 12.0. The summed E-state index contributed by atoms with van der Waals surface area (Å²) in [5.41, 5.74) is 5.73. The van der Waals surface area contributed by atoms with Gasteiger partial charge in [-0.3, -0.25) is 9.59 Å². The highest BCUT2D eigenvalue weighted by molar-refractivity contribution is 7.89. The summed E-state index contributed by atoms with van der Waals surface area (Å²) >= 11 is 0. The SMILES string of the molecule is NC(=O)CCC1CCCN(C(=O)c2ccc(S(=O)(=O)N3CCCCCC3)cc2)C1. The topological polar surface area (TPSA) is 101 Å². The molecule has 29 heavy (non-hydrogen) atoms. The molecule has 0 radical (unpaired) electrons. The normalized spacial score (nSPS) is 21.5. The van der Waals surface area contributed by atoms with Crippen LogP contribution in [0.15, 0.2) is 29.2 Å². The van der Waals surface area contributed by atoms with Gasteiger partial charge < -0.3 is 10.6 Å². The van der Waals surface area contributed by atoms with Crippen LogP contribution in [0, 0.1) is 5.92 Å². The lowest BCUT2D eigenvalue weighted by Gasteiger charge is -2.32. The first kappa shape index (κ1) is 21.8. The Labute approximate surface area is 173 Å². The van der Waals surface area contributed by atoms with Crippen molar-refractivity contribution in [1.82, 2.24) is 9.21 Å². The number of sulfonamides is 1. The average Bonchev–Trinajstić information content (AvgIpc) is 3.02. The van der Waals surface area contributed by atoms with Crippen molar-refractivity contribution < 1.29 is 18.0 Å². The van der Waals surface area contributed by atoms with Gasteiger partial charge in [-0.1, -0.05) is 12.8 Å². The third-order valence-corrected chi connectivity index (χ3v) is 7.82. The van der Waals surface area contributed by atoms with E-state index in [9.17, 15) is 18.0 Å². The molecule has 2 fully saturated rings. The van der Waals surface area contributed by atoms with Gasteiger partial charge >= 0.3 is 0 Å². The molecule has 0 bridgehead atoms. The fourth-order valence-corrected chi connectivity index (χ4v) is 5.73. The van der Waals surface area contributed by atoms with Crippen molar-refractivity contribution in [2.24, 2.45) is 11.7 Å². The summed E-state index contributed by atoms with van der Waals surface area (Å²) in [6.07, 6.45) is 6.84. The first-order chi connectivity index (χ1) is 13.9. The average molecular weight is 422 g/mol. The molecule has 1 unspecified atom stereocenters. The predicted molar refractivity (Wildman–Crippen MR) is 111 cm³/mol. The number of carbonyl (C=O) groups excluding carboxylic acids is 2. The number of piperidine rings is 1. The minimum absolute atomic E-state index is 0.0903. The number of likely N-dealkylation sites (tertiary alicyclic amines) is 1. The number of rotatable bonds is 6. The van der Waals surface area contributed by atoms with E-state index in [-0.39, 0.29) is 22.6 Å². The second kappa shape index (κ2) is 9.71. The Hall–Kier alpha value is -1.93. The molecule has 7 nitrogen and oxygen atoms in total. The van der Waals surface area contributed by atoms with Gasteiger partial charge in [0, 0.05) is 38.2 Å². The number of amides is 2. The van der Waals surface area contributed by atoms with Crippen LogP contribution in [0.2, 0.25) is 0 Å². The molecule has 0 saturated carbocycles. The molecule has 2 amide bonds. The van der Waals surface area contributed by atoms with Crippen molar-refractivity contribution in [1.29, 1.82) is 0 Å². The van der Waals surface area contributed by atoms with Crippen molar-refractivity contribution in [3.05, 3.63) is 29.8 Å². The van der Waals surface area contributed by atoms with Crippen molar-refractivity contribution in [3.8, 4) is 0 Å². The second-order valence-corrected chi connectivity index (χ2v) is 10.0. The van der Waals surface area contributed by atoms with Gasteiger partial charge in [0.05, 0.1) is 4.90 Å². The molecule has 1 atom stereocenters. The highest BCUT2D eigenvalue weighted by Gasteiger charge is 2.27. The molecule has 8 heteroatoms. The molecule has 3 rings (SSSR count). The molecule has 0 aliphatic carbocycles. The molecule has 160 valence electrons. The van der Waals surface area contributed by atoms with Crippen LogP contribution in [0.1, 0.15) is 61.7 Å². The van der Waals surface area contributed by atoms with E-state index < -0.39 is 10.0 Å². The zero-order chi connectivity index (χ0) is 20.9. The number of hydrogen-bond donors (Lipinski definition) is 1. The van der Waals surface area contributed by atoms with Crippen LogP contribution in [-0.2, 0) is 14.8 Å². The maximum absolute atomic E-state index is 12.9. The molecule has 0 spiro atoms. The molecule has 2 aliphatic heterocycles. The molecule has 2 N–H and O–H groups in total. The van der Waals surface area contributed by atoms with Crippen molar-refractivity contribution in [2.75, 3.05) is 26.2 Å². The van der Waals surface area contributed by atoms with Gasteiger partial charge in [-0.05, 0) is 62.3 Å². The fraction of sp³-hybridized carbons (Fsp3) is 0.619. The standard InChI is InChI=1S/C21H31N3O4S/c22-20(25)12-7-17-6-5-13-23(16-17)21(26)18-8-10-19(11-9-18)29(27,28)24-14-3-1-2-4-15-24/h8-11,17H,1-7,12-16H2,(H2,22,25). The largest absolute Gasteiger partial charge is 0.370 e. The maximum Gasteiger partial charge on any atom is 0.253 e. The Morgan fingerprint density at radius 1 is 0.966 bits per heavy atom. The van der Waals surface area contributed by atoms with E-state index in [2.05, 4.69) is 0 Å². The second-order valence-electron chi connectivity index (χ2n) is 8.11. The number of primary amides is 1. The predicted octanol–water partition coefficient (Wildman–Crippen LogP) is 2.37. The molecule has 1 aromatic carbocycles. The summed E-state index contributed by atoms with van der Waals surface area (Å²) < 4.78 is 27.3. The summed E-state index contributed by atoms with van der Waals surface area (Å²) in [5.74, 6) is -0.120. The van der Waals surface area contributed by atoms with E-state index in [1.807, 2.05) is 0 Å². The zero-order valence-corrected chi connectivity index (χ0v) is 17.7. The number of benzene rings is 1. The molecular formula is C21H31N3O4S. The van der Waals surface area contributed by atoms with Crippen LogP contribution in [0.25, 0.3) is 0 Å². The molecule has 2 aliphatic rings. The summed E-state index contributed by atoms with van der Waals surface area (Å²) in [5, 5.41) is 0. The van der Waals surface area contributed by atoms with Gasteiger partial charge in [-0.15, -0.1) is 0 Å². The van der Waals surface area contributed by atoms with E-state index in [0.717, 1.165) is 38.5 Å². The highest BCUT2D eigenvalue weighted by atomic mass is 32.2. The summed E-state index contributed by atoms with van der Waals surface area (Å²) in [4.78, 5) is 25.9. The monoisotopic (exact) mass is 421 g/mol. The highest BCUT2D eigenvalue weighted by Crippen LogP contribution is 2.24. The first-order valence-electron chi connectivity index (χ1n) is 10.6. The Balaban J connectivity index is 1.66. The quantitative estimate of drug-likeness (QED) is 0.762. The Bertz CT molecular complexity index is 815. The van der Waals surface area contributed by atoms with Crippen molar-refractivity contribution in [3.63, 3.8) is 0 Å². The van der Waals surface area contributed by atoms with Gasteiger partial charge in [-0.2, -0.15) is 4.31 Å². The van der Waals surface area contributed by atoms with Gasteiger partial charge in [-0.25, -0.2) is 8.42 Å². The molecule has 0 aromatic heterocycles. The molecule has 2 heterocycles. The van der Waals surface area contributed by atoms with Crippen LogP contribution in [-0.4, -0.2) is 55.6 Å².